The standard InChI is InChI=1S/C14H17BrF3N3O2/c1-20-4-6-21(7-5-20)9-13(22)19-11-8-10(15)2-3-12(11)23-14(16,17)18/h2-3,8H,4-7,9H2,1H3,(H,19,22). The van der Waals surface area contributed by atoms with Gasteiger partial charge in [0.1, 0.15) is 0 Å². The van der Waals surface area contributed by atoms with E-state index in [2.05, 4.69) is 30.9 Å². The minimum atomic E-state index is -4.81. The van der Waals surface area contributed by atoms with Gasteiger partial charge in [-0.1, -0.05) is 15.9 Å². The van der Waals surface area contributed by atoms with E-state index in [4.69, 9.17) is 0 Å². The van der Waals surface area contributed by atoms with Crippen molar-refractivity contribution in [2.75, 3.05) is 45.1 Å². The molecule has 0 bridgehead atoms. The molecule has 1 aliphatic rings. The van der Waals surface area contributed by atoms with Gasteiger partial charge >= 0.3 is 6.36 Å². The molecule has 1 aliphatic heterocycles. The summed E-state index contributed by atoms with van der Waals surface area (Å²) in [6.07, 6.45) is -4.81. The number of piperazine rings is 1. The number of carbonyl (C=O) groups is 1. The second kappa shape index (κ2) is 7.50. The minimum Gasteiger partial charge on any atom is -0.404 e. The Hall–Kier alpha value is -1.32. The highest BCUT2D eigenvalue weighted by atomic mass is 79.9. The molecule has 1 aromatic rings. The van der Waals surface area contributed by atoms with Gasteiger partial charge in [0.05, 0.1) is 12.2 Å². The number of amides is 1. The van der Waals surface area contributed by atoms with Crippen LogP contribution >= 0.6 is 15.9 Å². The Morgan fingerprint density at radius 3 is 2.57 bits per heavy atom. The average molecular weight is 396 g/mol. The Labute approximate surface area is 140 Å². The summed E-state index contributed by atoms with van der Waals surface area (Å²) in [4.78, 5) is 16.2. The number of ether oxygens (including phenoxy) is 1. The second-order valence-electron chi connectivity index (χ2n) is 5.32. The lowest BCUT2D eigenvalue weighted by Crippen LogP contribution is -2.47. The maximum absolute atomic E-state index is 12.4. The summed E-state index contributed by atoms with van der Waals surface area (Å²) in [6.45, 7) is 3.33. The highest BCUT2D eigenvalue weighted by molar-refractivity contribution is 9.10. The summed E-state index contributed by atoms with van der Waals surface area (Å²) in [5.74, 6) is -0.813. The zero-order valence-electron chi connectivity index (χ0n) is 12.5. The lowest BCUT2D eigenvalue weighted by atomic mass is 10.3. The van der Waals surface area contributed by atoms with Crippen LogP contribution in [0, 0.1) is 0 Å². The summed E-state index contributed by atoms with van der Waals surface area (Å²) in [6, 6.07) is 3.95. The zero-order valence-corrected chi connectivity index (χ0v) is 14.1. The van der Waals surface area contributed by atoms with E-state index in [9.17, 15) is 18.0 Å². The molecule has 0 spiro atoms. The molecule has 0 radical (unpaired) electrons. The van der Waals surface area contributed by atoms with Gasteiger partial charge in [0.15, 0.2) is 5.75 Å². The molecule has 0 aliphatic carbocycles. The first-order valence-electron chi connectivity index (χ1n) is 6.99. The quantitative estimate of drug-likeness (QED) is 0.850. The van der Waals surface area contributed by atoms with Crippen LogP contribution < -0.4 is 10.1 Å². The molecule has 0 aromatic heterocycles. The fourth-order valence-electron chi connectivity index (χ4n) is 2.21. The number of alkyl halides is 3. The van der Waals surface area contributed by atoms with Crippen LogP contribution in [0.1, 0.15) is 0 Å². The van der Waals surface area contributed by atoms with Crippen LogP contribution in [0.5, 0.6) is 5.75 Å². The number of likely N-dealkylation sites (N-methyl/N-ethyl adjacent to an activating group) is 1. The molecule has 5 nitrogen and oxygen atoms in total. The smallest absolute Gasteiger partial charge is 0.404 e. The molecule has 23 heavy (non-hydrogen) atoms. The monoisotopic (exact) mass is 395 g/mol. The summed E-state index contributed by atoms with van der Waals surface area (Å²) >= 11 is 3.17. The molecule has 1 amide bonds. The maximum Gasteiger partial charge on any atom is 0.573 e. The molecular formula is C14H17BrF3N3O2. The van der Waals surface area contributed by atoms with Crippen molar-refractivity contribution in [2.24, 2.45) is 0 Å². The molecule has 1 heterocycles. The molecule has 0 atom stereocenters. The van der Waals surface area contributed by atoms with E-state index < -0.39 is 12.1 Å². The third-order valence-electron chi connectivity index (χ3n) is 3.40. The highest BCUT2D eigenvalue weighted by Gasteiger charge is 2.32. The number of nitrogens with zero attached hydrogens (tertiary/aromatic N) is 2. The molecule has 1 fully saturated rings. The first-order chi connectivity index (χ1) is 10.7. The Balaban J connectivity index is 2.00. The van der Waals surface area contributed by atoms with Crippen LogP contribution in [0.2, 0.25) is 0 Å². The summed E-state index contributed by atoms with van der Waals surface area (Å²) in [5, 5.41) is 2.48. The first-order valence-corrected chi connectivity index (χ1v) is 7.78. The highest BCUT2D eigenvalue weighted by Crippen LogP contribution is 2.32. The number of nitrogens with one attached hydrogen (secondary N) is 1. The van der Waals surface area contributed by atoms with Crippen molar-refractivity contribution in [2.45, 2.75) is 6.36 Å². The lowest BCUT2D eigenvalue weighted by molar-refractivity contribution is -0.274. The van der Waals surface area contributed by atoms with E-state index in [1.54, 1.807) is 0 Å². The number of benzene rings is 1. The largest absolute Gasteiger partial charge is 0.573 e. The van der Waals surface area contributed by atoms with Crippen LogP contribution in [0.3, 0.4) is 0 Å². The van der Waals surface area contributed by atoms with Crippen LogP contribution in [0.25, 0.3) is 0 Å². The molecule has 9 heteroatoms. The summed E-state index contributed by atoms with van der Waals surface area (Å²) < 4.78 is 41.7. The zero-order chi connectivity index (χ0) is 17.0. The number of halogens is 4. The summed E-state index contributed by atoms with van der Waals surface area (Å²) in [7, 11) is 2.00. The van der Waals surface area contributed by atoms with Crippen molar-refractivity contribution in [3.05, 3.63) is 22.7 Å². The maximum atomic E-state index is 12.4. The van der Waals surface area contributed by atoms with Crippen molar-refractivity contribution in [1.82, 2.24) is 9.80 Å². The Morgan fingerprint density at radius 1 is 1.30 bits per heavy atom. The lowest BCUT2D eigenvalue weighted by Gasteiger charge is -2.31. The summed E-state index contributed by atoms with van der Waals surface area (Å²) in [5.41, 5.74) is -0.0178. The third-order valence-corrected chi connectivity index (χ3v) is 3.90. The van der Waals surface area contributed by atoms with Gasteiger partial charge in [0.2, 0.25) is 5.91 Å². The van der Waals surface area contributed by atoms with Gasteiger partial charge in [-0.25, -0.2) is 0 Å². The minimum absolute atomic E-state index is 0.0178. The molecular weight excluding hydrogens is 379 g/mol. The van der Waals surface area contributed by atoms with Crippen LogP contribution in [0.4, 0.5) is 18.9 Å². The van der Waals surface area contributed by atoms with Crippen molar-refractivity contribution in [1.29, 1.82) is 0 Å². The molecule has 1 saturated heterocycles. The van der Waals surface area contributed by atoms with Gasteiger partial charge in [0, 0.05) is 30.7 Å². The Kier molecular flexibility index (Phi) is 5.88. The van der Waals surface area contributed by atoms with Crippen molar-refractivity contribution < 1.29 is 22.7 Å². The van der Waals surface area contributed by atoms with Gasteiger partial charge in [-0.15, -0.1) is 13.2 Å². The van der Waals surface area contributed by atoms with Crippen molar-refractivity contribution >= 4 is 27.5 Å². The van der Waals surface area contributed by atoms with Gasteiger partial charge < -0.3 is 15.0 Å². The fraction of sp³-hybridized carbons (Fsp3) is 0.500. The number of hydrogen-bond acceptors (Lipinski definition) is 4. The van der Waals surface area contributed by atoms with Crippen molar-refractivity contribution in [3.63, 3.8) is 0 Å². The van der Waals surface area contributed by atoms with Crippen molar-refractivity contribution in [3.8, 4) is 5.75 Å². The third kappa shape index (κ3) is 6.00. The van der Waals surface area contributed by atoms with Crippen LogP contribution in [-0.2, 0) is 4.79 Å². The van der Waals surface area contributed by atoms with E-state index in [1.807, 2.05) is 11.9 Å². The SMILES string of the molecule is CN1CCN(CC(=O)Nc2cc(Br)ccc2OC(F)(F)F)CC1. The molecule has 1 aromatic carbocycles. The number of carbonyl (C=O) groups excluding carboxylic acids is 1. The Bertz CT molecular complexity index is 561. The van der Waals surface area contributed by atoms with E-state index >= 15 is 0 Å². The number of anilines is 1. The second-order valence-corrected chi connectivity index (χ2v) is 6.23. The molecule has 2 rings (SSSR count). The van der Waals surface area contributed by atoms with Crippen LogP contribution in [0.15, 0.2) is 22.7 Å². The fourth-order valence-corrected chi connectivity index (χ4v) is 2.57. The predicted molar refractivity (Wildman–Crippen MR) is 83.4 cm³/mol. The number of hydrogen-bond donors (Lipinski definition) is 1. The predicted octanol–water partition coefficient (Wildman–Crippen LogP) is 2.53. The number of rotatable bonds is 4. The van der Waals surface area contributed by atoms with Gasteiger partial charge in [-0.2, -0.15) is 0 Å². The molecule has 128 valence electrons. The average Bonchev–Trinajstić information content (AvgIpc) is 2.43. The van der Waals surface area contributed by atoms with E-state index in [1.165, 1.54) is 12.1 Å². The molecule has 0 saturated carbocycles. The first kappa shape index (κ1) is 18.0. The molecule has 1 N–H and O–H groups in total. The van der Waals surface area contributed by atoms with Gasteiger partial charge in [-0.3, -0.25) is 9.69 Å². The molecule has 0 unspecified atom stereocenters. The topological polar surface area (TPSA) is 44.8 Å². The van der Waals surface area contributed by atoms with Gasteiger partial charge in [0.25, 0.3) is 0 Å². The van der Waals surface area contributed by atoms with Gasteiger partial charge in [-0.05, 0) is 25.2 Å². The van der Waals surface area contributed by atoms with E-state index in [0.717, 1.165) is 32.2 Å². The van der Waals surface area contributed by atoms with Crippen LogP contribution in [-0.4, -0.2) is 61.8 Å². The Morgan fingerprint density at radius 2 is 1.96 bits per heavy atom. The van der Waals surface area contributed by atoms with E-state index in [-0.39, 0.29) is 18.1 Å². The normalized spacial score (nSPS) is 17.1. The van der Waals surface area contributed by atoms with E-state index in [0.29, 0.717) is 4.47 Å².